The maximum atomic E-state index is 15.2. The largest absolute Gasteiger partial charge is 0.495 e. The van der Waals surface area contributed by atoms with Crippen LogP contribution in [-0.4, -0.2) is 47.2 Å². The number of hydrogen-bond acceptors (Lipinski definition) is 5. The number of rotatable bonds is 2. The van der Waals surface area contributed by atoms with Crippen molar-refractivity contribution in [3.05, 3.63) is 35.4 Å². The third kappa shape index (κ3) is 3.12. The van der Waals surface area contributed by atoms with E-state index >= 15 is 4.39 Å². The number of hydrogen-bond donors (Lipinski definition) is 0. The molecule has 7 nitrogen and oxygen atoms in total. The first kappa shape index (κ1) is 19.9. The molecule has 0 atom stereocenters. The molecule has 2 aromatic rings. The Morgan fingerprint density at radius 3 is 2.48 bits per heavy atom. The third-order valence-corrected chi connectivity index (χ3v) is 6.06. The van der Waals surface area contributed by atoms with Gasteiger partial charge in [-0.05, 0) is 57.8 Å². The summed E-state index contributed by atoms with van der Waals surface area (Å²) in [6, 6.07) is 3.06. The Bertz CT molecular complexity index is 972. The Balaban J connectivity index is 1.70. The molecule has 1 saturated heterocycles. The van der Waals surface area contributed by atoms with Gasteiger partial charge in [0.05, 0.1) is 29.6 Å². The van der Waals surface area contributed by atoms with Crippen LogP contribution in [0, 0.1) is 12.7 Å². The fraction of sp³-hybridized carbons (Fsp3) is 0.500. The summed E-state index contributed by atoms with van der Waals surface area (Å²) in [6.07, 6.45) is 1.50. The van der Waals surface area contributed by atoms with Gasteiger partial charge >= 0.3 is 7.12 Å². The molecule has 154 valence electrons. The zero-order valence-electron chi connectivity index (χ0n) is 17.6. The SMILES string of the molecule is Cc1cc(N2CCOc3cnn(C)c3C2=O)c(F)cc1B1OC(C)(C)C(C)(C)O1. The van der Waals surface area contributed by atoms with Crippen LogP contribution in [0.15, 0.2) is 18.3 Å². The summed E-state index contributed by atoms with van der Waals surface area (Å²) in [7, 11) is 0.988. The topological polar surface area (TPSA) is 65.8 Å². The first-order valence-corrected chi connectivity index (χ1v) is 9.64. The molecule has 0 spiro atoms. The van der Waals surface area contributed by atoms with Crippen LogP contribution < -0.4 is 15.1 Å². The zero-order chi connectivity index (χ0) is 21.1. The molecule has 9 heteroatoms. The number of halogens is 1. The summed E-state index contributed by atoms with van der Waals surface area (Å²) in [6.45, 7) is 10.2. The fourth-order valence-electron chi connectivity index (χ4n) is 3.59. The van der Waals surface area contributed by atoms with Crippen molar-refractivity contribution in [2.24, 2.45) is 7.05 Å². The van der Waals surface area contributed by atoms with E-state index in [0.29, 0.717) is 16.9 Å². The van der Waals surface area contributed by atoms with Crippen LogP contribution >= 0.6 is 0 Å². The Kier molecular flexibility index (Phi) is 4.51. The molecule has 0 aliphatic carbocycles. The lowest BCUT2D eigenvalue weighted by Crippen LogP contribution is -2.41. The molecule has 0 N–H and O–H groups in total. The van der Waals surface area contributed by atoms with Gasteiger partial charge in [-0.25, -0.2) is 4.39 Å². The van der Waals surface area contributed by atoms with Crippen LogP contribution in [-0.2, 0) is 16.4 Å². The van der Waals surface area contributed by atoms with Gasteiger partial charge in [0.1, 0.15) is 12.4 Å². The van der Waals surface area contributed by atoms with Crippen LogP contribution in [0.5, 0.6) is 5.75 Å². The van der Waals surface area contributed by atoms with Gasteiger partial charge in [-0.15, -0.1) is 0 Å². The van der Waals surface area contributed by atoms with E-state index in [0.717, 1.165) is 5.56 Å². The van der Waals surface area contributed by atoms with Gasteiger partial charge in [0.15, 0.2) is 11.4 Å². The van der Waals surface area contributed by atoms with Crippen LogP contribution in [0.2, 0.25) is 0 Å². The molecule has 1 amide bonds. The molecule has 0 saturated carbocycles. The van der Waals surface area contributed by atoms with Crippen LogP contribution in [0.4, 0.5) is 10.1 Å². The highest BCUT2D eigenvalue weighted by molar-refractivity contribution is 6.62. The Hall–Kier alpha value is -2.39. The molecule has 2 aliphatic rings. The number of nitrogens with zero attached hydrogens (tertiary/aromatic N) is 3. The second-order valence-electron chi connectivity index (χ2n) is 8.53. The van der Waals surface area contributed by atoms with Crippen molar-refractivity contribution in [2.75, 3.05) is 18.1 Å². The number of carbonyl (C=O) groups is 1. The molecule has 3 heterocycles. The molecule has 29 heavy (non-hydrogen) atoms. The highest BCUT2D eigenvalue weighted by Gasteiger charge is 2.52. The summed E-state index contributed by atoms with van der Waals surface area (Å²) in [5, 5.41) is 4.07. The average Bonchev–Trinajstić information content (AvgIpc) is 3.02. The van der Waals surface area contributed by atoms with Crippen molar-refractivity contribution in [1.29, 1.82) is 0 Å². The molecule has 1 aromatic heterocycles. The first-order chi connectivity index (χ1) is 13.5. The second-order valence-corrected chi connectivity index (χ2v) is 8.53. The van der Waals surface area contributed by atoms with Crippen molar-refractivity contribution in [1.82, 2.24) is 9.78 Å². The van der Waals surface area contributed by atoms with E-state index in [1.54, 1.807) is 13.1 Å². The number of fused-ring (bicyclic) bond motifs is 1. The quantitative estimate of drug-likeness (QED) is 0.722. The Morgan fingerprint density at radius 1 is 1.17 bits per heavy atom. The molecule has 4 rings (SSSR count). The Morgan fingerprint density at radius 2 is 1.83 bits per heavy atom. The van der Waals surface area contributed by atoms with Gasteiger partial charge in [-0.1, -0.05) is 0 Å². The second kappa shape index (κ2) is 6.57. The minimum atomic E-state index is -0.671. The highest BCUT2D eigenvalue weighted by Crippen LogP contribution is 2.37. The first-order valence-electron chi connectivity index (χ1n) is 9.64. The maximum Gasteiger partial charge on any atom is 0.495 e. The van der Waals surface area contributed by atoms with Gasteiger partial charge in [-0.2, -0.15) is 5.10 Å². The number of benzene rings is 1. The number of amides is 1. The fourth-order valence-corrected chi connectivity index (χ4v) is 3.59. The lowest BCUT2D eigenvalue weighted by atomic mass is 9.76. The van der Waals surface area contributed by atoms with Crippen LogP contribution in [0.25, 0.3) is 0 Å². The smallest absolute Gasteiger partial charge is 0.488 e. The molecule has 0 unspecified atom stereocenters. The minimum Gasteiger partial charge on any atom is -0.488 e. The van der Waals surface area contributed by atoms with Crippen molar-refractivity contribution in [3.63, 3.8) is 0 Å². The molecule has 0 bridgehead atoms. The lowest BCUT2D eigenvalue weighted by molar-refractivity contribution is 0.00578. The van der Waals surface area contributed by atoms with Gasteiger partial charge in [0.25, 0.3) is 5.91 Å². The summed E-state index contributed by atoms with van der Waals surface area (Å²) in [5.74, 6) is -0.454. The number of aryl methyl sites for hydroxylation is 2. The number of aromatic nitrogens is 2. The summed E-state index contributed by atoms with van der Waals surface area (Å²) in [5.41, 5.74) is 0.855. The lowest BCUT2D eigenvalue weighted by Gasteiger charge is -2.32. The summed E-state index contributed by atoms with van der Waals surface area (Å²) in [4.78, 5) is 14.5. The van der Waals surface area contributed by atoms with Crippen molar-refractivity contribution in [2.45, 2.75) is 45.8 Å². The van der Waals surface area contributed by atoms with E-state index in [1.165, 1.54) is 21.8 Å². The van der Waals surface area contributed by atoms with Gasteiger partial charge in [-0.3, -0.25) is 9.48 Å². The van der Waals surface area contributed by atoms with Crippen LogP contribution in [0.1, 0.15) is 43.7 Å². The van der Waals surface area contributed by atoms with E-state index in [-0.39, 0.29) is 24.7 Å². The van der Waals surface area contributed by atoms with Crippen molar-refractivity contribution < 1.29 is 23.2 Å². The van der Waals surface area contributed by atoms with Crippen molar-refractivity contribution in [3.8, 4) is 5.75 Å². The van der Waals surface area contributed by atoms with Crippen LogP contribution in [0.3, 0.4) is 0 Å². The third-order valence-electron chi connectivity index (χ3n) is 6.06. The predicted molar refractivity (Wildman–Crippen MR) is 107 cm³/mol. The van der Waals surface area contributed by atoms with E-state index in [4.69, 9.17) is 14.0 Å². The van der Waals surface area contributed by atoms with Crippen molar-refractivity contribution >= 4 is 24.2 Å². The molecule has 0 radical (unpaired) electrons. The average molecular weight is 401 g/mol. The number of carbonyl (C=O) groups excluding carboxylic acids is 1. The molecule has 2 aliphatic heterocycles. The zero-order valence-corrected chi connectivity index (χ0v) is 17.6. The Labute approximate surface area is 169 Å². The van der Waals surface area contributed by atoms with E-state index < -0.39 is 24.1 Å². The van der Waals surface area contributed by atoms with E-state index in [2.05, 4.69) is 5.10 Å². The summed E-state index contributed by atoms with van der Waals surface area (Å²) >= 11 is 0. The summed E-state index contributed by atoms with van der Waals surface area (Å²) < 4.78 is 34.4. The number of ether oxygens (including phenoxy) is 1. The molecule has 1 aromatic carbocycles. The number of anilines is 1. The van der Waals surface area contributed by atoms with Gasteiger partial charge in [0.2, 0.25) is 0 Å². The standard InChI is InChI=1S/C20H25BFN3O4/c1-12-9-15(25-7-8-27-16-11-23-24(6)17(16)18(25)26)14(22)10-13(12)21-28-19(2,3)20(4,5)29-21/h9-11H,7-8H2,1-6H3. The van der Waals surface area contributed by atoms with E-state index in [1.807, 2.05) is 34.6 Å². The minimum absolute atomic E-state index is 0.199. The highest BCUT2D eigenvalue weighted by atomic mass is 19.1. The molecular weight excluding hydrogens is 376 g/mol. The van der Waals surface area contributed by atoms with E-state index in [9.17, 15) is 4.79 Å². The predicted octanol–water partition coefficient (Wildman–Crippen LogP) is 2.21. The molecule has 1 fully saturated rings. The maximum absolute atomic E-state index is 15.2. The monoisotopic (exact) mass is 401 g/mol. The van der Waals surface area contributed by atoms with Gasteiger partial charge in [0, 0.05) is 7.05 Å². The molecular formula is C20H25BFN3O4. The van der Waals surface area contributed by atoms with Gasteiger partial charge < -0.3 is 18.9 Å². The normalized spacial score (nSPS) is 20.4.